The van der Waals surface area contributed by atoms with Gasteiger partial charge in [0.15, 0.2) is 5.82 Å². The van der Waals surface area contributed by atoms with Crippen LogP contribution in [0.5, 0.6) is 5.75 Å². The van der Waals surface area contributed by atoms with Gasteiger partial charge in [-0.1, -0.05) is 50.2 Å². The maximum absolute atomic E-state index is 12.9. The summed E-state index contributed by atoms with van der Waals surface area (Å²) in [6.45, 7) is 6.54. The van der Waals surface area contributed by atoms with E-state index in [1.165, 1.54) is 12.1 Å². The molecule has 5 nitrogen and oxygen atoms in total. The Bertz CT molecular complexity index is 942. The van der Waals surface area contributed by atoms with Crippen molar-refractivity contribution in [3.8, 4) is 5.75 Å². The van der Waals surface area contributed by atoms with Crippen molar-refractivity contribution in [3.63, 3.8) is 0 Å². The van der Waals surface area contributed by atoms with Gasteiger partial charge in [-0.05, 0) is 35.4 Å². The van der Waals surface area contributed by atoms with E-state index in [4.69, 9.17) is 9.26 Å². The number of nitrogens with one attached hydrogen (secondary N) is 1. The summed E-state index contributed by atoms with van der Waals surface area (Å²) in [5.74, 6) is 1.45. The summed E-state index contributed by atoms with van der Waals surface area (Å²) >= 11 is 0. The van der Waals surface area contributed by atoms with Crippen LogP contribution in [-0.2, 0) is 23.1 Å². The molecule has 29 heavy (non-hydrogen) atoms. The van der Waals surface area contributed by atoms with Crippen molar-refractivity contribution in [2.45, 2.75) is 39.0 Å². The molecule has 0 aliphatic heterocycles. The predicted octanol–water partition coefficient (Wildman–Crippen LogP) is 4.91. The van der Waals surface area contributed by atoms with Gasteiger partial charge in [0.25, 0.3) is 0 Å². The third-order valence-corrected chi connectivity index (χ3v) is 4.38. The Labute approximate surface area is 169 Å². The fourth-order valence-corrected chi connectivity index (χ4v) is 2.70. The first kappa shape index (κ1) is 20.6. The molecule has 0 unspecified atom stereocenters. The minimum Gasteiger partial charge on any atom is -0.493 e. The number of hydrogen-bond donors (Lipinski definition) is 1. The van der Waals surface area contributed by atoms with Crippen LogP contribution >= 0.6 is 0 Å². The van der Waals surface area contributed by atoms with Gasteiger partial charge in [0.1, 0.15) is 17.3 Å². The van der Waals surface area contributed by atoms with Crippen molar-refractivity contribution < 1.29 is 18.4 Å². The maximum atomic E-state index is 12.9. The average molecular weight is 396 g/mol. The molecule has 3 aromatic rings. The van der Waals surface area contributed by atoms with E-state index in [0.717, 1.165) is 22.6 Å². The molecule has 2 aromatic carbocycles. The van der Waals surface area contributed by atoms with Crippen LogP contribution in [0.15, 0.2) is 59.1 Å². The smallest absolute Gasteiger partial charge is 0.230 e. The Morgan fingerprint density at radius 2 is 1.72 bits per heavy atom. The Balaban J connectivity index is 1.46. The van der Waals surface area contributed by atoms with Gasteiger partial charge in [-0.15, -0.1) is 0 Å². The monoisotopic (exact) mass is 396 g/mol. The van der Waals surface area contributed by atoms with Crippen LogP contribution in [0, 0.1) is 5.82 Å². The normalized spacial score (nSPS) is 11.3. The summed E-state index contributed by atoms with van der Waals surface area (Å²) in [5, 5.41) is 6.65. The number of ether oxygens (including phenoxy) is 1. The van der Waals surface area contributed by atoms with Gasteiger partial charge in [0, 0.05) is 17.9 Å². The molecule has 1 amide bonds. The molecule has 3 rings (SSSR count). The van der Waals surface area contributed by atoms with Crippen LogP contribution in [0.1, 0.15) is 37.7 Å². The second-order valence-corrected chi connectivity index (χ2v) is 7.92. The predicted molar refractivity (Wildman–Crippen MR) is 110 cm³/mol. The Morgan fingerprint density at radius 1 is 1.07 bits per heavy atom. The number of rotatable bonds is 7. The largest absolute Gasteiger partial charge is 0.493 e. The van der Waals surface area contributed by atoms with Gasteiger partial charge >= 0.3 is 0 Å². The molecule has 152 valence electrons. The van der Waals surface area contributed by atoms with E-state index in [-0.39, 0.29) is 23.6 Å². The van der Waals surface area contributed by atoms with Gasteiger partial charge in [0.2, 0.25) is 5.91 Å². The second kappa shape index (κ2) is 8.90. The first-order valence-electron chi connectivity index (χ1n) is 9.53. The van der Waals surface area contributed by atoms with Crippen molar-refractivity contribution in [3.05, 3.63) is 77.3 Å². The summed E-state index contributed by atoms with van der Waals surface area (Å²) in [7, 11) is 0. The van der Waals surface area contributed by atoms with E-state index < -0.39 is 0 Å². The standard InChI is InChI=1S/C23H25FN2O3/c1-23(2,3)20-15-21(26-29-20)25-22(27)14-17-6-10-19(11-7-17)28-13-12-16-4-8-18(24)9-5-16/h4-11,15H,12-14H2,1-3H3,(H,25,26,27). The zero-order valence-corrected chi connectivity index (χ0v) is 16.9. The van der Waals surface area contributed by atoms with Gasteiger partial charge < -0.3 is 14.6 Å². The number of amides is 1. The number of anilines is 1. The van der Waals surface area contributed by atoms with Gasteiger partial charge in [0.05, 0.1) is 13.0 Å². The van der Waals surface area contributed by atoms with Gasteiger partial charge in [-0.3, -0.25) is 4.79 Å². The van der Waals surface area contributed by atoms with E-state index >= 15 is 0 Å². The van der Waals surface area contributed by atoms with Crippen LogP contribution in [0.4, 0.5) is 10.2 Å². The molecule has 0 fully saturated rings. The molecule has 0 saturated heterocycles. The fraction of sp³-hybridized carbons (Fsp3) is 0.304. The summed E-state index contributed by atoms with van der Waals surface area (Å²) in [4.78, 5) is 12.2. The molecular weight excluding hydrogens is 371 g/mol. The number of carbonyl (C=O) groups is 1. The molecule has 1 heterocycles. The van der Waals surface area contributed by atoms with Crippen molar-refractivity contribution in [2.24, 2.45) is 0 Å². The summed E-state index contributed by atoms with van der Waals surface area (Å²) in [6.07, 6.45) is 0.923. The lowest BCUT2D eigenvalue weighted by Crippen LogP contribution is -2.14. The minimum absolute atomic E-state index is 0.163. The van der Waals surface area contributed by atoms with E-state index in [1.54, 1.807) is 18.2 Å². The molecule has 0 aliphatic rings. The van der Waals surface area contributed by atoms with Gasteiger partial charge in [-0.2, -0.15) is 0 Å². The molecule has 6 heteroatoms. The molecule has 0 bridgehead atoms. The highest BCUT2D eigenvalue weighted by Crippen LogP contribution is 2.24. The zero-order valence-electron chi connectivity index (χ0n) is 16.9. The summed E-state index contributed by atoms with van der Waals surface area (Å²) in [5.41, 5.74) is 1.72. The summed E-state index contributed by atoms with van der Waals surface area (Å²) in [6, 6.07) is 15.5. The van der Waals surface area contributed by atoms with E-state index in [2.05, 4.69) is 10.5 Å². The number of carbonyl (C=O) groups excluding carboxylic acids is 1. The Morgan fingerprint density at radius 3 is 2.34 bits per heavy atom. The van der Waals surface area contributed by atoms with E-state index in [9.17, 15) is 9.18 Å². The third kappa shape index (κ3) is 6.17. The van der Waals surface area contributed by atoms with Crippen molar-refractivity contribution in [1.82, 2.24) is 5.16 Å². The molecule has 1 aromatic heterocycles. The first-order chi connectivity index (χ1) is 13.8. The third-order valence-electron chi connectivity index (χ3n) is 4.38. The quantitative estimate of drug-likeness (QED) is 0.616. The Hall–Kier alpha value is -3.15. The fourth-order valence-electron chi connectivity index (χ4n) is 2.70. The average Bonchev–Trinajstić information content (AvgIpc) is 3.13. The lowest BCUT2D eigenvalue weighted by Gasteiger charge is -2.12. The molecule has 1 N–H and O–H groups in total. The lowest BCUT2D eigenvalue weighted by atomic mass is 9.93. The molecule has 0 radical (unpaired) electrons. The zero-order chi connectivity index (χ0) is 20.9. The molecule has 0 saturated carbocycles. The van der Waals surface area contributed by atoms with E-state index in [0.29, 0.717) is 18.8 Å². The van der Waals surface area contributed by atoms with Crippen LogP contribution in [0.3, 0.4) is 0 Å². The Kier molecular flexibility index (Phi) is 6.32. The first-order valence-corrected chi connectivity index (χ1v) is 9.53. The maximum Gasteiger partial charge on any atom is 0.230 e. The topological polar surface area (TPSA) is 64.4 Å². The lowest BCUT2D eigenvalue weighted by molar-refractivity contribution is -0.115. The number of hydrogen-bond acceptors (Lipinski definition) is 4. The van der Waals surface area contributed by atoms with Crippen LogP contribution in [0.25, 0.3) is 0 Å². The highest BCUT2D eigenvalue weighted by molar-refractivity contribution is 5.91. The SMILES string of the molecule is CC(C)(C)c1cc(NC(=O)Cc2ccc(OCCc3ccc(F)cc3)cc2)no1. The molecule has 0 atom stereocenters. The van der Waals surface area contributed by atoms with Crippen LogP contribution in [0.2, 0.25) is 0 Å². The molecule has 0 spiro atoms. The second-order valence-electron chi connectivity index (χ2n) is 7.92. The van der Waals surface area contributed by atoms with Crippen LogP contribution in [-0.4, -0.2) is 17.7 Å². The molecular formula is C23H25FN2O3. The van der Waals surface area contributed by atoms with E-state index in [1.807, 2.05) is 45.0 Å². The van der Waals surface area contributed by atoms with Crippen molar-refractivity contribution >= 4 is 11.7 Å². The van der Waals surface area contributed by atoms with Crippen LogP contribution < -0.4 is 10.1 Å². The highest BCUT2D eigenvalue weighted by Gasteiger charge is 2.20. The number of benzene rings is 2. The number of halogens is 1. The van der Waals surface area contributed by atoms with Gasteiger partial charge in [-0.25, -0.2) is 4.39 Å². The highest BCUT2D eigenvalue weighted by atomic mass is 19.1. The van der Waals surface area contributed by atoms with Crippen molar-refractivity contribution in [1.29, 1.82) is 0 Å². The molecule has 0 aliphatic carbocycles. The number of nitrogens with zero attached hydrogens (tertiary/aromatic N) is 1. The van der Waals surface area contributed by atoms with Crippen molar-refractivity contribution in [2.75, 3.05) is 11.9 Å². The summed E-state index contributed by atoms with van der Waals surface area (Å²) < 4.78 is 23.9. The number of aromatic nitrogens is 1. The minimum atomic E-state index is -0.243.